The van der Waals surface area contributed by atoms with Crippen molar-refractivity contribution in [2.75, 3.05) is 13.1 Å². The van der Waals surface area contributed by atoms with Gasteiger partial charge < -0.3 is 15.0 Å². The maximum atomic E-state index is 13.1. The zero-order valence-electron chi connectivity index (χ0n) is 18.5. The van der Waals surface area contributed by atoms with Gasteiger partial charge in [0.25, 0.3) is 11.5 Å². The van der Waals surface area contributed by atoms with E-state index in [0.717, 1.165) is 12.8 Å². The first-order valence-electron chi connectivity index (χ1n) is 11.0. The fraction of sp³-hybridized carbons (Fsp3) is 0.375. The molecule has 1 aliphatic heterocycles. The molecule has 4 rings (SSSR count). The highest BCUT2D eigenvalue weighted by molar-refractivity contribution is 7.90. The summed E-state index contributed by atoms with van der Waals surface area (Å²) in [6.45, 7) is 3.03. The Morgan fingerprint density at radius 1 is 1.15 bits per heavy atom. The number of H-pyrrole nitrogens is 1. The van der Waals surface area contributed by atoms with E-state index in [1.54, 1.807) is 29.2 Å². The van der Waals surface area contributed by atoms with E-state index in [-0.39, 0.29) is 27.5 Å². The number of nitrogens with one attached hydrogen (secondary N) is 1. The Hall–Kier alpha value is -3.04. The molecule has 174 valence electrons. The molecule has 2 N–H and O–H groups in total. The van der Waals surface area contributed by atoms with Gasteiger partial charge in [-0.1, -0.05) is 31.5 Å². The molecule has 0 bridgehead atoms. The van der Waals surface area contributed by atoms with Gasteiger partial charge in [-0.2, -0.15) is 0 Å². The average molecular weight is 470 g/mol. The molecule has 0 aliphatic carbocycles. The van der Waals surface area contributed by atoms with Crippen molar-refractivity contribution in [3.63, 3.8) is 0 Å². The molecule has 0 saturated carbocycles. The second-order valence-electron chi connectivity index (χ2n) is 8.61. The maximum Gasteiger partial charge on any atom is 0.258 e. The Bertz CT molecular complexity index is 1320. The highest BCUT2D eigenvalue weighted by Gasteiger charge is 2.33. The molecule has 0 unspecified atom stereocenters. The van der Waals surface area contributed by atoms with Crippen LogP contribution in [0.1, 0.15) is 48.5 Å². The summed E-state index contributed by atoms with van der Waals surface area (Å²) in [6.07, 6.45) is 3.95. The average Bonchev–Trinajstić information content (AvgIpc) is 2.79. The lowest BCUT2D eigenvalue weighted by molar-refractivity contribution is -0.0233. The number of nitrogens with zero attached hydrogens (tertiary/aromatic N) is 2. The number of amides is 1. The van der Waals surface area contributed by atoms with Crippen molar-refractivity contribution in [3.8, 4) is 0 Å². The molecule has 1 saturated heterocycles. The van der Waals surface area contributed by atoms with Crippen LogP contribution in [0.5, 0.6) is 0 Å². The number of piperidine rings is 1. The number of hydrogen-bond acceptors (Lipinski definition) is 6. The third-order valence-electron chi connectivity index (χ3n) is 6.22. The van der Waals surface area contributed by atoms with Gasteiger partial charge in [0.05, 0.1) is 33.5 Å². The van der Waals surface area contributed by atoms with Gasteiger partial charge in [-0.3, -0.25) is 9.59 Å². The third kappa shape index (κ3) is 4.84. The van der Waals surface area contributed by atoms with Crippen LogP contribution in [0.4, 0.5) is 0 Å². The summed E-state index contributed by atoms with van der Waals surface area (Å²) in [5.74, 6) is -0.400. The Morgan fingerprint density at radius 3 is 2.52 bits per heavy atom. The summed E-state index contributed by atoms with van der Waals surface area (Å²) in [4.78, 5) is 33.1. The molecule has 0 radical (unpaired) electrons. The van der Waals surface area contributed by atoms with Gasteiger partial charge in [0.2, 0.25) is 0 Å². The SMILES string of the molecule is CCCC1(O)CCN(C(=O)c2ccc(CS(=O)(=O)c3cccc4c(=O)[nH]cnc34)cc2)CC1. The zero-order valence-corrected chi connectivity index (χ0v) is 19.3. The van der Waals surface area contributed by atoms with Gasteiger partial charge in [0.15, 0.2) is 9.84 Å². The molecular weight excluding hydrogens is 442 g/mol. The number of benzene rings is 2. The van der Waals surface area contributed by atoms with E-state index in [9.17, 15) is 23.1 Å². The van der Waals surface area contributed by atoms with Crippen molar-refractivity contribution in [2.45, 2.75) is 48.9 Å². The van der Waals surface area contributed by atoms with Crippen LogP contribution in [0.25, 0.3) is 10.9 Å². The quantitative estimate of drug-likeness (QED) is 0.573. The Balaban J connectivity index is 1.49. The summed E-state index contributed by atoms with van der Waals surface area (Å²) in [5.41, 5.74) is 0.0669. The molecule has 1 amide bonds. The molecular formula is C24H27N3O5S. The third-order valence-corrected chi connectivity index (χ3v) is 7.94. The molecule has 0 spiro atoms. The number of likely N-dealkylation sites (tertiary alicyclic amines) is 1. The van der Waals surface area contributed by atoms with E-state index in [0.29, 0.717) is 37.1 Å². The number of aliphatic hydroxyl groups is 1. The van der Waals surface area contributed by atoms with Crippen molar-refractivity contribution in [1.82, 2.24) is 14.9 Å². The number of aromatic amines is 1. The predicted octanol–water partition coefficient (Wildman–Crippen LogP) is 2.66. The molecule has 2 aromatic carbocycles. The number of para-hydroxylation sites is 1. The smallest absolute Gasteiger partial charge is 0.258 e. The molecule has 8 nitrogen and oxygen atoms in total. The Labute approximate surface area is 192 Å². The molecule has 1 aromatic heterocycles. The van der Waals surface area contributed by atoms with Crippen LogP contribution in [0.15, 0.2) is 58.5 Å². The van der Waals surface area contributed by atoms with Crippen molar-refractivity contribution < 1.29 is 18.3 Å². The van der Waals surface area contributed by atoms with Crippen LogP contribution in [0.3, 0.4) is 0 Å². The van der Waals surface area contributed by atoms with E-state index in [4.69, 9.17) is 0 Å². The number of fused-ring (bicyclic) bond motifs is 1. The van der Waals surface area contributed by atoms with Crippen molar-refractivity contribution in [2.24, 2.45) is 0 Å². The summed E-state index contributed by atoms with van der Waals surface area (Å²) in [5, 5.41) is 10.8. The van der Waals surface area contributed by atoms with Crippen molar-refractivity contribution in [1.29, 1.82) is 0 Å². The van der Waals surface area contributed by atoms with Crippen LogP contribution in [-0.4, -0.2) is 53.0 Å². The van der Waals surface area contributed by atoms with E-state index in [1.807, 2.05) is 6.92 Å². The van der Waals surface area contributed by atoms with Crippen LogP contribution in [0, 0.1) is 0 Å². The number of carbonyl (C=O) groups excluding carboxylic acids is 1. The normalized spacial score (nSPS) is 16.1. The lowest BCUT2D eigenvalue weighted by atomic mass is 9.87. The minimum Gasteiger partial charge on any atom is -0.390 e. The highest BCUT2D eigenvalue weighted by Crippen LogP contribution is 2.28. The number of aromatic nitrogens is 2. The summed E-state index contributed by atoms with van der Waals surface area (Å²) in [6, 6.07) is 11.0. The molecule has 33 heavy (non-hydrogen) atoms. The second-order valence-corrected chi connectivity index (χ2v) is 10.6. The fourth-order valence-corrected chi connectivity index (χ4v) is 5.92. The molecule has 9 heteroatoms. The zero-order chi connectivity index (χ0) is 23.6. The van der Waals surface area contributed by atoms with Crippen LogP contribution >= 0.6 is 0 Å². The number of carbonyl (C=O) groups is 1. The molecule has 0 atom stereocenters. The molecule has 1 fully saturated rings. The van der Waals surface area contributed by atoms with Crippen LogP contribution < -0.4 is 5.56 Å². The van der Waals surface area contributed by atoms with E-state index in [2.05, 4.69) is 9.97 Å². The first kappa shape index (κ1) is 23.1. The minimum atomic E-state index is -3.77. The summed E-state index contributed by atoms with van der Waals surface area (Å²) >= 11 is 0. The molecule has 1 aliphatic rings. The number of hydrogen-bond donors (Lipinski definition) is 2. The van der Waals surface area contributed by atoms with E-state index >= 15 is 0 Å². The van der Waals surface area contributed by atoms with E-state index < -0.39 is 21.0 Å². The fourth-order valence-electron chi connectivity index (χ4n) is 4.39. The monoisotopic (exact) mass is 469 g/mol. The van der Waals surface area contributed by atoms with Gasteiger partial charge >= 0.3 is 0 Å². The van der Waals surface area contributed by atoms with Crippen LogP contribution in [0.2, 0.25) is 0 Å². The van der Waals surface area contributed by atoms with Gasteiger partial charge in [-0.25, -0.2) is 13.4 Å². The first-order chi connectivity index (χ1) is 15.7. The van der Waals surface area contributed by atoms with E-state index in [1.165, 1.54) is 24.5 Å². The first-order valence-corrected chi connectivity index (χ1v) is 12.7. The van der Waals surface area contributed by atoms with Gasteiger partial charge in [-0.15, -0.1) is 0 Å². The van der Waals surface area contributed by atoms with Crippen molar-refractivity contribution >= 4 is 26.6 Å². The minimum absolute atomic E-state index is 0.000800. The second kappa shape index (κ2) is 9.07. The van der Waals surface area contributed by atoms with Crippen LogP contribution in [-0.2, 0) is 15.6 Å². The topological polar surface area (TPSA) is 120 Å². The number of rotatable bonds is 6. The highest BCUT2D eigenvalue weighted by atomic mass is 32.2. The van der Waals surface area contributed by atoms with Crippen molar-refractivity contribution in [3.05, 3.63) is 70.3 Å². The molecule has 2 heterocycles. The maximum absolute atomic E-state index is 13.1. The number of sulfone groups is 1. The summed E-state index contributed by atoms with van der Waals surface area (Å²) < 4.78 is 26.1. The van der Waals surface area contributed by atoms with Gasteiger partial charge in [-0.05, 0) is 49.1 Å². The lowest BCUT2D eigenvalue weighted by Crippen LogP contribution is -2.46. The standard InChI is InChI=1S/C24H27N3O5S/c1-2-10-24(30)11-13-27(14-12-24)23(29)18-8-6-17(7-9-18)15-33(31,32)20-5-3-4-19-21(20)25-16-26-22(19)28/h3-9,16,30H,2,10-15H2,1H3,(H,25,26,28). The Kier molecular flexibility index (Phi) is 6.36. The molecule has 3 aromatic rings. The summed E-state index contributed by atoms with van der Waals surface area (Å²) in [7, 11) is -3.77. The lowest BCUT2D eigenvalue weighted by Gasteiger charge is -2.38. The van der Waals surface area contributed by atoms with Gasteiger partial charge in [0, 0.05) is 18.7 Å². The predicted molar refractivity (Wildman–Crippen MR) is 125 cm³/mol. The van der Waals surface area contributed by atoms with Gasteiger partial charge in [0.1, 0.15) is 0 Å². The Morgan fingerprint density at radius 2 is 1.85 bits per heavy atom. The largest absolute Gasteiger partial charge is 0.390 e.